The van der Waals surface area contributed by atoms with Crippen molar-refractivity contribution in [2.24, 2.45) is 5.73 Å². The van der Waals surface area contributed by atoms with Gasteiger partial charge in [-0.15, -0.1) is 0 Å². The first-order valence-electron chi connectivity index (χ1n) is 6.17. The van der Waals surface area contributed by atoms with E-state index in [1.807, 2.05) is 6.92 Å². The van der Waals surface area contributed by atoms with E-state index in [9.17, 15) is 9.90 Å². The Morgan fingerprint density at radius 1 is 1.50 bits per heavy atom. The topological polar surface area (TPSA) is 72.5 Å². The van der Waals surface area contributed by atoms with Gasteiger partial charge in [0.15, 0.2) is 5.78 Å². The molecule has 0 saturated carbocycles. The minimum absolute atomic E-state index is 0.00482. The molecule has 0 aliphatic rings. The standard InChI is InChI=1S/C14H21NO3/c1-3-14(2,17)10-18-12-6-4-5-11(9-12)13(16)7-8-15/h4-6,9,17H,3,7-8,10,15H2,1-2H3. The molecule has 1 atom stereocenters. The summed E-state index contributed by atoms with van der Waals surface area (Å²) in [5.41, 5.74) is 5.10. The first kappa shape index (κ1) is 14.7. The molecule has 0 aliphatic carbocycles. The summed E-state index contributed by atoms with van der Waals surface area (Å²) in [4.78, 5) is 11.7. The van der Waals surface area contributed by atoms with Crippen LogP contribution in [0.15, 0.2) is 24.3 Å². The lowest BCUT2D eigenvalue weighted by molar-refractivity contribution is 0.00846. The second-order valence-corrected chi connectivity index (χ2v) is 4.63. The number of carbonyl (C=O) groups excluding carboxylic acids is 1. The molecule has 1 aromatic rings. The average molecular weight is 251 g/mol. The summed E-state index contributed by atoms with van der Waals surface area (Å²) in [5.74, 6) is 0.594. The van der Waals surface area contributed by atoms with E-state index in [-0.39, 0.29) is 12.4 Å². The molecular formula is C14H21NO3. The van der Waals surface area contributed by atoms with Gasteiger partial charge in [-0.25, -0.2) is 0 Å². The molecule has 4 nitrogen and oxygen atoms in total. The molecule has 4 heteroatoms. The third kappa shape index (κ3) is 4.47. The Morgan fingerprint density at radius 2 is 2.22 bits per heavy atom. The molecule has 1 unspecified atom stereocenters. The number of ketones is 1. The van der Waals surface area contributed by atoms with E-state index in [1.165, 1.54) is 0 Å². The summed E-state index contributed by atoms with van der Waals surface area (Å²) >= 11 is 0. The molecule has 1 rings (SSSR count). The quantitative estimate of drug-likeness (QED) is 0.724. The Hall–Kier alpha value is -1.39. The number of ether oxygens (including phenoxy) is 1. The lowest BCUT2D eigenvalue weighted by atomic mass is 10.1. The van der Waals surface area contributed by atoms with Crippen molar-refractivity contribution >= 4 is 5.78 Å². The molecule has 0 bridgehead atoms. The molecule has 0 heterocycles. The zero-order valence-corrected chi connectivity index (χ0v) is 11.0. The maximum Gasteiger partial charge on any atom is 0.164 e. The Labute approximate surface area is 108 Å². The van der Waals surface area contributed by atoms with E-state index >= 15 is 0 Å². The minimum atomic E-state index is -0.850. The molecule has 0 aromatic heterocycles. The van der Waals surface area contributed by atoms with Crippen LogP contribution in [0.1, 0.15) is 37.0 Å². The normalized spacial score (nSPS) is 14.0. The number of hydrogen-bond donors (Lipinski definition) is 2. The van der Waals surface area contributed by atoms with E-state index in [4.69, 9.17) is 10.5 Å². The number of carbonyl (C=O) groups is 1. The zero-order valence-electron chi connectivity index (χ0n) is 11.0. The molecule has 1 aromatic carbocycles. The van der Waals surface area contributed by atoms with Crippen LogP contribution in [-0.4, -0.2) is 29.6 Å². The Bertz CT molecular complexity index is 402. The van der Waals surface area contributed by atoms with Gasteiger partial charge < -0.3 is 15.6 Å². The lowest BCUT2D eigenvalue weighted by Gasteiger charge is -2.21. The van der Waals surface area contributed by atoms with Gasteiger partial charge in [-0.3, -0.25) is 4.79 Å². The van der Waals surface area contributed by atoms with E-state index in [0.29, 0.717) is 30.7 Å². The van der Waals surface area contributed by atoms with Gasteiger partial charge in [-0.2, -0.15) is 0 Å². The molecule has 0 amide bonds. The highest BCUT2D eigenvalue weighted by Gasteiger charge is 2.18. The van der Waals surface area contributed by atoms with Crippen molar-refractivity contribution < 1.29 is 14.6 Å². The van der Waals surface area contributed by atoms with Crippen molar-refractivity contribution in [3.8, 4) is 5.75 Å². The lowest BCUT2D eigenvalue weighted by Crippen LogP contribution is -2.31. The summed E-state index contributed by atoms with van der Waals surface area (Å²) in [6.07, 6.45) is 0.939. The Balaban J connectivity index is 2.68. The van der Waals surface area contributed by atoms with Crippen LogP contribution in [0.2, 0.25) is 0 Å². The fourth-order valence-corrected chi connectivity index (χ4v) is 1.38. The fourth-order valence-electron chi connectivity index (χ4n) is 1.38. The maximum absolute atomic E-state index is 11.7. The minimum Gasteiger partial charge on any atom is -0.491 e. The molecule has 18 heavy (non-hydrogen) atoms. The molecule has 100 valence electrons. The van der Waals surface area contributed by atoms with Gasteiger partial charge in [0.25, 0.3) is 0 Å². The summed E-state index contributed by atoms with van der Waals surface area (Å²) in [5, 5.41) is 9.84. The number of Topliss-reactive ketones (excluding diaryl/α,β-unsaturated/α-hetero) is 1. The van der Waals surface area contributed by atoms with Crippen molar-refractivity contribution in [2.45, 2.75) is 32.3 Å². The van der Waals surface area contributed by atoms with Crippen molar-refractivity contribution in [3.05, 3.63) is 29.8 Å². The van der Waals surface area contributed by atoms with E-state index in [2.05, 4.69) is 0 Å². The molecule has 0 fully saturated rings. The first-order valence-corrected chi connectivity index (χ1v) is 6.17. The van der Waals surface area contributed by atoms with E-state index < -0.39 is 5.60 Å². The van der Waals surface area contributed by atoms with Gasteiger partial charge in [-0.05, 0) is 32.0 Å². The van der Waals surface area contributed by atoms with Crippen LogP contribution in [0.4, 0.5) is 0 Å². The smallest absolute Gasteiger partial charge is 0.164 e. The molecule has 0 aliphatic heterocycles. The SMILES string of the molecule is CCC(C)(O)COc1cccc(C(=O)CCN)c1. The van der Waals surface area contributed by atoms with Crippen molar-refractivity contribution in [3.63, 3.8) is 0 Å². The van der Waals surface area contributed by atoms with Gasteiger partial charge in [0.05, 0.1) is 5.60 Å². The highest BCUT2D eigenvalue weighted by Crippen LogP contribution is 2.17. The van der Waals surface area contributed by atoms with Crippen LogP contribution in [0, 0.1) is 0 Å². The number of benzene rings is 1. The van der Waals surface area contributed by atoms with Gasteiger partial charge in [-0.1, -0.05) is 19.1 Å². The highest BCUT2D eigenvalue weighted by atomic mass is 16.5. The van der Waals surface area contributed by atoms with Gasteiger partial charge in [0.1, 0.15) is 12.4 Å². The second-order valence-electron chi connectivity index (χ2n) is 4.63. The average Bonchev–Trinajstić information content (AvgIpc) is 2.37. The van der Waals surface area contributed by atoms with Crippen LogP contribution >= 0.6 is 0 Å². The largest absolute Gasteiger partial charge is 0.491 e. The molecule has 0 spiro atoms. The van der Waals surface area contributed by atoms with Crippen LogP contribution in [0.25, 0.3) is 0 Å². The fraction of sp³-hybridized carbons (Fsp3) is 0.500. The van der Waals surface area contributed by atoms with Crippen molar-refractivity contribution in [1.82, 2.24) is 0 Å². The number of aliphatic hydroxyl groups is 1. The van der Waals surface area contributed by atoms with Gasteiger partial charge in [0.2, 0.25) is 0 Å². The predicted molar refractivity (Wildman–Crippen MR) is 70.9 cm³/mol. The maximum atomic E-state index is 11.7. The van der Waals surface area contributed by atoms with Crippen LogP contribution in [-0.2, 0) is 0 Å². The van der Waals surface area contributed by atoms with Crippen molar-refractivity contribution in [2.75, 3.05) is 13.2 Å². The van der Waals surface area contributed by atoms with E-state index in [1.54, 1.807) is 31.2 Å². The predicted octanol–water partition coefficient (Wildman–Crippen LogP) is 1.76. The highest BCUT2D eigenvalue weighted by molar-refractivity contribution is 5.96. The monoisotopic (exact) mass is 251 g/mol. The molecule has 0 saturated heterocycles. The van der Waals surface area contributed by atoms with Gasteiger partial charge >= 0.3 is 0 Å². The third-order valence-electron chi connectivity index (χ3n) is 2.84. The first-order chi connectivity index (χ1) is 8.48. The second kappa shape index (κ2) is 6.52. The summed E-state index contributed by atoms with van der Waals surface area (Å²) < 4.78 is 5.50. The number of rotatable bonds is 7. The summed E-state index contributed by atoms with van der Waals surface area (Å²) in [6, 6.07) is 6.96. The molecular weight excluding hydrogens is 230 g/mol. The zero-order chi connectivity index (χ0) is 13.6. The van der Waals surface area contributed by atoms with Gasteiger partial charge in [0, 0.05) is 12.0 Å². The molecule has 0 radical (unpaired) electrons. The summed E-state index contributed by atoms with van der Waals surface area (Å²) in [6.45, 7) is 4.16. The van der Waals surface area contributed by atoms with Crippen LogP contribution in [0.5, 0.6) is 5.75 Å². The van der Waals surface area contributed by atoms with Crippen LogP contribution < -0.4 is 10.5 Å². The number of nitrogens with two attached hydrogens (primary N) is 1. The van der Waals surface area contributed by atoms with Crippen LogP contribution in [0.3, 0.4) is 0 Å². The third-order valence-corrected chi connectivity index (χ3v) is 2.84. The van der Waals surface area contributed by atoms with E-state index in [0.717, 1.165) is 0 Å². The summed E-state index contributed by atoms with van der Waals surface area (Å²) in [7, 11) is 0. The Morgan fingerprint density at radius 3 is 2.83 bits per heavy atom. The Kier molecular flexibility index (Phi) is 5.31. The van der Waals surface area contributed by atoms with Crippen molar-refractivity contribution in [1.29, 1.82) is 0 Å². The molecule has 3 N–H and O–H groups in total. The number of hydrogen-bond acceptors (Lipinski definition) is 4.